The lowest BCUT2D eigenvalue weighted by atomic mass is 9.97. The zero-order chi connectivity index (χ0) is 22.6. The van der Waals surface area contributed by atoms with Crippen molar-refractivity contribution in [2.24, 2.45) is 7.05 Å². The van der Waals surface area contributed by atoms with Crippen molar-refractivity contribution in [3.63, 3.8) is 0 Å². The number of hydrogen-bond acceptors (Lipinski definition) is 7. The number of thioether (sulfide) groups is 1. The number of likely N-dealkylation sites (tertiary alicyclic amines) is 1. The molecule has 33 heavy (non-hydrogen) atoms. The molecule has 3 aromatic rings. The van der Waals surface area contributed by atoms with Gasteiger partial charge in [0.15, 0.2) is 16.7 Å². The maximum Gasteiger partial charge on any atom is 0.238 e. The summed E-state index contributed by atoms with van der Waals surface area (Å²) in [5.41, 5.74) is 1.98. The summed E-state index contributed by atoms with van der Waals surface area (Å²) < 4.78 is 12.8. The van der Waals surface area contributed by atoms with Crippen molar-refractivity contribution in [1.82, 2.24) is 19.7 Å². The van der Waals surface area contributed by atoms with Crippen LogP contribution in [-0.2, 0) is 17.6 Å². The van der Waals surface area contributed by atoms with Crippen molar-refractivity contribution >= 4 is 23.4 Å². The van der Waals surface area contributed by atoms with Crippen LogP contribution in [0.3, 0.4) is 0 Å². The van der Waals surface area contributed by atoms with E-state index in [4.69, 9.17) is 9.47 Å². The highest BCUT2D eigenvalue weighted by molar-refractivity contribution is 7.98. The third-order valence-electron chi connectivity index (χ3n) is 5.97. The summed E-state index contributed by atoms with van der Waals surface area (Å²) in [6, 6.07) is 15.8. The molecule has 8 nitrogen and oxygen atoms in total. The predicted octanol–water partition coefficient (Wildman–Crippen LogP) is 3.65. The van der Waals surface area contributed by atoms with Crippen molar-refractivity contribution < 1.29 is 14.3 Å². The smallest absolute Gasteiger partial charge is 0.238 e. The normalized spacial score (nSPS) is 17.8. The number of nitrogens with one attached hydrogen (secondary N) is 1. The number of hydrogen-bond donors (Lipinski definition) is 1. The summed E-state index contributed by atoms with van der Waals surface area (Å²) in [5.74, 6) is 3.45. The average molecular weight is 466 g/mol. The quantitative estimate of drug-likeness (QED) is 0.534. The highest BCUT2D eigenvalue weighted by atomic mass is 32.2. The van der Waals surface area contributed by atoms with Gasteiger partial charge in [-0.15, -0.1) is 10.2 Å². The van der Waals surface area contributed by atoms with Gasteiger partial charge < -0.3 is 19.4 Å². The molecule has 1 N–H and O–H groups in total. The van der Waals surface area contributed by atoms with Crippen molar-refractivity contribution in [3.8, 4) is 11.5 Å². The number of benzene rings is 2. The number of amides is 1. The largest absolute Gasteiger partial charge is 0.454 e. The monoisotopic (exact) mass is 465 g/mol. The molecule has 2 aliphatic heterocycles. The molecule has 1 atom stereocenters. The second-order valence-electron chi connectivity index (χ2n) is 8.36. The van der Waals surface area contributed by atoms with Crippen LogP contribution in [0.1, 0.15) is 30.1 Å². The van der Waals surface area contributed by atoms with Crippen molar-refractivity contribution in [1.29, 1.82) is 0 Å². The number of piperidine rings is 1. The van der Waals surface area contributed by atoms with E-state index in [2.05, 4.69) is 49.2 Å². The molecule has 0 radical (unpaired) electrons. The first kappa shape index (κ1) is 21.8. The van der Waals surface area contributed by atoms with E-state index in [1.165, 1.54) is 5.56 Å². The van der Waals surface area contributed by atoms with Gasteiger partial charge in [-0.3, -0.25) is 9.69 Å². The van der Waals surface area contributed by atoms with Crippen molar-refractivity contribution in [2.45, 2.75) is 29.7 Å². The average Bonchev–Trinajstić information content (AvgIpc) is 3.44. The predicted molar refractivity (Wildman–Crippen MR) is 127 cm³/mol. The Bertz CT molecular complexity index is 1120. The Balaban J connectivity index is 1.17. The Morgan fingerprint density at radius 1 is 1.15 bits per heavy atom. The number of aromatic nitrogens is 3. The minimum Gasteiger partial charge on any atom is -0.454 e. The Morgan fingerprint density at radius 3 is 2.88 bits per heavy atom. The third-order valence-corrected chi connectivity index (χ3v) is 7.06. The molecule has 3 heterocycles. The number of carbonyl (C=O) groups excluding carboxylic acids is 1. The third kappa shape index (κ3) is 5.15. The topological polar surface area (TPSA) is 81.5 Å². The van der Waals surface area contributed by atoms with Gasteiger partial charge in [-0.05, 0) is 37.1 Å². The molecule has 2 aliphatic rings. The Hall–Kier alpha value is -3.04. The fourth-order valence-electron chi connectivity index (χ4n) is 4.32. The Morgan fingerprint density at radius 2 is 2.00 bits per heavy atom. The van der Waals surface area contributed by atoms with Crippen LogP contribution < -0.4 is 14.8 Å². The van der Waals surface area contributed by atoms with Gasteiger partial charge in [0, 0.05) is 37.0 Å². The van der Waals surface area contributed by atoms with Crippen LogP contribution in [0.5, 0.6) is 11.5 Å². The number of nitrogens with zero attached hydrogens (tertiary/aromatic N) is 4. The zero-order valence-corrected chi connectivity index (χ0v) is 19.4. The highest BCUT2D eigenvalue weighted by Gasteiger charge is 2.27. The maximum atomic E-state index is 12.7. The van der Waals surface area contributed by atoms with Gasteiger partial charge in [0.05, 0.1) is 6.54 Å². The first-order chi connectivity index (χ1) is 16.2. The summed E-state index contributed by atoms with van der Waals surface area (Å²) in [4.78, 5) is 14.9. The summed E-state index contributed by atoms with van der Waals surface area (Å²) >= 11 is 1.70. The highest BCUT2D eigenvalue weighted by Crippen LogP contribution is 2.34. The molecular formula is C24H27N5O3S. The molecule has 1 fully saturated rings. The van der Waals surface area contributed by atoms with E-state index in [0.29, 0.717) is 23.7 Å². The number of fused-ring (bicyclic) bond motifs is 1. The molecule has 0 spiro atoms. The van der Waals surface area contributed by atoms with E-state index in [1.54, 1.807) is 17.8 Å². The second kappa shape index (κ2) is 9.84. The summed E-state index contributed by atoms with van der Waals surface area (Å²) in [6.07, 6.45) is 2.08. The van der Waals surface area contributed by atoms with Crippen LogP contribution in [0.15, 0.2) is 53.7 Å². The first-order valence-corrected chi connectivity index (χ1v) is 12.1. The molecule has 1 saturated heterocycles. The Kier molecular flexibility index (Phi) is 6.50. The van der Waals surface area contributed by atoms with E-state index in [0.717, 1.165) is 42.7 Å². The molecule has 5 rings (SSSR count). The second-order valence-corrected chi connectivity index (χ2v) is 9.31. The summed E-state index contributed by atoms with van der Waals surface area (Å²) in [6.45, 7) is 2.26. The van der Waals surface area contributed by atoms with E-state index in [1.807, 2.05) is 25.2 Å². The minimum absolute atomic E-state index is 0.0356. The molecule has 0 aliphatic carbocycles. The van der Waals surface area contributed by atoms with Crippen LogP contribution in [0.2, 0.25) is 0 Å². The zero-order valence-electron chi connectivity index (χ0n) is 18.6. The molecular weight excluding hydrogens is 438 g/mol. The number of rotatable bonds is 7. The van der Waals surface area contributed by atoms with Gasteiger partial charge in [0.25, 0.3) is 0 Å². The standard InChI is InChI=1S/C24H27N5O3S/c1-28-23(26-27-24(28)33-15-17-6-3-2-4-7-17)18-8-5-11-29(13-18)14-22(30)25-19-9-10-20-21(12-19)32-16-31-20/h2-4,6-7,9-10,12,18H,5,8,11,13-16H2,1H3,(H,25,30). The fourth-order valence-corrected chi connectivity index (χ4v) is 5.19. The van der Waals surface area contributed by atoms with Crippen LogP contribution in [-0.4, -0.2) is 52.0 Å². The van der Waals surface area contributed by atoms with Gasteiger partial charge in [0.2, 0.25) is 12.7 Å². The van der Waals surface area contributed by atoms with Crippen LogP contribution in [0.25, 0.3) is 0 Å². The van der Waals surface area contributed by atoms with Gasteiger partial charge in [0.1, 0.15) is 5.82 Å². The van der Waals surface area contributed by atoms with E-state index >= 15 is 0 Å². The molecule has 1 unspecified atom stereocenters. The first-order valence-electron chi connectivity index (χ1n) is 11.1. The van der Waals surface area contributed by atoms with Crippen LogP contribution in [0.4, 0.5) is 5.69 Å². The van der Waals surface area contributed by atoms with Gasteiger partial charge in [-0.25, -0.2) is 0 Å². The van der Waals surface area contributed by atoms with E-state index in [-0.39, 0.29) is 18.6 Å². The number of anilines is 1. The molecule has 0 saturated carbocycles. The SMILES string of the molecule is Cn1c(SCc2ccccc2)nnc1C1CCCN(CC(=O)Nc2ccc3c(c2)OCO3)C1. The molecule has 1 amide bonds. The molecule has 0 bridgehead atoms. The Labute approximate surface area is 197 Å². The summed E-state index contributed by atoms with van der Waals surface area (Å²) in [7, 11) is 2.04. The van der Waals surface area contributed by atoms with Gasteiger partial charge in [-0.2, -0.15) is 0 Å². The van der Waals surface area contributed by atoms with E-state index < -0.39 is 0 Å². The van der Waals surface area contributed by atoms with Crippen molar-refractivity contribution in [3.05, 3.63) is 59.9 Å². The summed E-state index contributed by atoms with van der Waals surface area (Å²) in [5, 5.41) is 12.8. The van der Waals surface area contributed by atoms with Crippen LogP contribution >= 0.6 is 11.8 Å². The fraction of sp³-hybridized carbons (Fsp3) is 0.375. The molecule has 2 aromatic carbocycles. The maximum absolute atomic E-state index is 12.7. The van der Waals surface area contributed by atoms with E-state index in [9.17, 15) is 4.79 Å². The van der Waals surface area contributed by atoms with Gasteiger partial charge >= 0.3 is 0 Å². The lowest BCUT2D eigenvalue weighted by Gasteiger charge is -2.31. The van der Waals surface area contributed by atoms with Crippen molar-refractivity contribution in [2.75, 3.05) is 31.7 Å². The lowest BCUT2D eigenvalue weighted by molar-refractivity contribution is -0.117. The molecule has 1 aromatic heterocycles. The number of ether oxygens (including phenoxy) is 2. The lowest BCUT2D eigenvalue weighted by Crippen LogP contribution is -2.40. The number of carbonyl (C=O) groups is 1. The van der Waals surface area contributed by atoms with Gasteiger partial charge in [-0.1, -0.05) is 42.1 Å². The molecule has 9 heteroatoms. The molecule has 172 valence electrons. The van der Waals surface area contributed by atoms with Crippen LogP contribution in [0, 0.1) is 0 Å². The minimum atomic E-state index is -0.0356.